The minimum Gasteiger partial charge on any atom is -0.496 e. The topological polar surface area (TPSA) is 80.5 Å². The van der Waals surface area contributed by atoms with Crippen molar-refractivity contribution in [2.45, 2.75) is 25.8 Å². The number of hydrogen-bond donors (Lipinski definition) is 1. The van der Waals surface area contributed by atoms with E-state index in [2.05, 4.69) is 15.5 Å². The summed E-state index contributed by atoms with van der Waals surface area (Å²) < 4.78 is 10.9. The lowest BCUT2D eigenvalue weighted by atomic mass is 10.2. The van der Waals surface area contributed by atoms with Crippen LogP contribution >= 0.6 is 0 Å². The Morgan fingerprint density at radius 2 is 2.11 bits per heavy atom. The van der Waals surface area contributed by atoms with Crippen molar-refractivity contribution in [1.29, 1.82) is 0 Å². The number of aryl methyl sites for hydroxylation is 1. The van der Waals surface area contributed by atoms with Gasteiger partial charge in [-0.05, 0) is 49.6 Å². The first-order chi connectivity index (χ1) is 13.7. The Kier molecular flexibility index (Phi) is 4.97. The molecule has 1 N–H and O–H groups in total. The van der Waals surface area contributed by atoms with Crippen LogP contribution < -0.4 is 10.1 Å². The van der Waals surface area contributed by atoms with Gasteiger partial charge in [-0.25, -0.2) is 4.79 Å². The lowest BCUT2D eigenvalue weighted by Crippen LogP contribution is -2.34. The number of rotatable bonds is 4. The summed E-state index contributed by atoms with van der Waals surface area (Å²) in [6.45, 7) is 2.64. The number of nitrogens with zero attached hydrogens (tertiary/aromatic N) is 3. The van der Waals surface area contributed by atoms with Gasteiger partial charge >= 0.3 is 6.03 Å². The van der Waals surface area contributed by atoms with Crippen molar-refractivity contribution in [3.05, 3.63) is 60.0 Å². The lowest BCUT2D eigenvalue weighted by Gasteiger charge is -2.22. The van der Waals surface area contributed by atoms with Crippen LogP contribution in [0.3, 0.4) is 0 Å². The molecule has 144 valence electrons. The van der Waals surface area contributed by atoms with Crippen LogP contribution in [-0.2, 0) is 0 Å². The van der Waals surface area contributed by atoms with E-state index in [9.17, 15) is 4.79 Å². The van der Waals surface area contributed by atoms with Gasteiger partial charge in [0.2, 0.25) is 11.7 Å². The standard InChI is InChI=1S/C21H22N4O3/c1-14-7-5-8-15(13-14)22-21(26)25-12-6-10-17(25)20-23-19(24-28-20)16-9-3-4-11-18(16)27-2/h3-5,7-9,11,13,17H,6,10,12H2,1-2H3,(H,22,26)/t17-/m1/s1. The van der Waals surface area contributed by atoms with E-state index in [1.165, 1.54) is 0 Å². The number of carbonyl (C=O) groups is 1. The number of aromatic nitrogens is 2. The molecule has 1 aromatic heterocycles. The summed E-state index contributed by atoms with van der Waals surface area (Å²) in [7, 11) is 1.61. The van der Waals surface area contributed by atoms with E-state index < -0.39 is 0 Å². The second-order valence-corrected chi connectivity index (χ2v) is 6.81. The molecule has 2 aromatic carbocycles. The van der Waals surface area contributed by atoms with Crippen LogP contribution in [0, 0.1) is 6.92 Å². The van der Waals surface area contributed by atoms with Gasteiger partial charge in [-0.1, -0.05) is 29.4 Å². The third-order valence-corrected chi connectivity index (χ3v) is 4.86. The molecule has 4 rings (SSSR count). The number of nitrogens with one attached hydrogen (secondary N) is 1. The molecule has 0 unspecified atom stereocenters. The van der Waals surface area contributed by atoms with Gasteiger partial charge in [0.15, 0.2) is 0 Å². The lowest BCUT2D eigenvalue weighted by molar-refractivity contribution is 0.193. The molecule has 28 heavy (non-hydrogen) atoms. The fraction of sp³-hybridized carbons (Fsp3) is 0.286. The largest absolute Gasteiger partial charge is 0.496 e. The number of benzene rings is 2. The maximum Gasteiger partial charge on any atom is 0.322 e. The van der Waals surface area contributed by atoms with Crippen LogP contribution in [0.1, 0.15) is 30.3 Å². The Morgan fingerprint density at radius 3 is 2.93 bits per heavy atom. The van der Waals surface area contributed by atoms with Crippen LogP contribution in [0.25, 0.3) is 11.4 Å². The number of methoxy groups -OCH3 is 1. The number of carbonyl (C=O) groups excluding carboxylic acids is 1. The van der Waals surface area contributed by atoms with Gasteiger partial charge in [-0.2, -0.15) is 4.98 Å². The number of likely N-dealkylation sites (tertiary alicyclic amines) is 1. The molecule has 1 atom stereocenters. The second-order valence-electron chi connectivity index (χ2n) is 6.81. The highest BCUT2D eigenvalue weighted by atomic mass is 16.5. The summed E-state index contributed by atoms with van der Waals surface area (Å²) in [6, 6.07) is 14.8. The summed E-state index contributed by atoms with van der Waals surface area (Å²) in [4.78, 5) is 19.1. The number of para-hydroxylation sites is 1. The molecule has 1 fully saturated rings. The summed E-state index contributed by atoms with van der Waals surface area (Å²) >= 11 is 0. The molecular formula is C21H22N4O3. The quantitative estimate of drug-likeness (QED) is 0.727. The molecule has 1 aliphatic rings. The molecule has 0 aliphatic carbocycles. The van der Waals surface area contributed by atoms with Crippen molar-refractivity contribution in [2.75, 3.05) is 19.0 Å². The van der Waals surface area contributed by atoms with Crippen LogP contribution in [-0.4, -0.2) is 34.7 Å². The monoisotopic (exact) mass is 378 g/mol. The van der Waals surface area contributed by atoms with Crippen LogP contribution in [0.15, 0.2) is 53.1 Å². The van der Waals surface area contributed by atoms with Crippen LogP contribution in [0.4, 0.5) is 10.5 Å². The molecule has 7 heteroatoms. The summed E-state index contributed by atoms with van der Waals surface area (Å²) in [6.07, 6.45) is 1.67. The average molecular weight is 378 g/mol. The first-order valence-electron chi connectivity index (χ1n) is 9.27. The third-order valence-electron chi connectivity index (χ3n) is 4.86. The molecule has 0 bridgehead atoms. The fourth-order valence-corrected chi connectivity index (χ4v) is 3.49. The summed E-state index contributed by atoms with van der Waals surface area (Å²) in [5, 5.41) is 7.06. The zero-order chi connectivity index (χ0) is 19.5. The minimum atomic E-state index is -0.235. The molecule has 1 saturated heterocycles. The first-order valence-corrected chi connectivity index (χ1v) is 9.27. The first kappa shape index (κ1) is 18.0. The van der Waals surface area contributed by atoms with Crippen molar-refractivity contribution < 1.29 is 14.1 Å². The predicted molar refractivity (Wildman–Crippen MR) is 105 cm³/mol. The molecule has 0 radical (unpaired) electrons. The van der Waals surface area contributed by atoms with Crippen molar-refractivity contribution in [2.24, 2.45) is 0 Å². The fourth-order valence-electron chi connectivity index (χ4n) is 3.49. The van der Waals surface area contributed by atoms with E-state index in [-0.39, 0.29) is 12.1 Å². The Labute approximate surface area is 163 Å². The average Bonchev–Trinajstić information content (AvgIpc) is 3.37. The van der Waals surface area contributed by atoms with Crippen LogP contribution in [0.2, 0.25) is 0 Å². The van der Waals surface area contributed by atoms with Gasteiger partial charge in [0.05, 0.1) is 12.7 Å². The normalized spacial score (nSPS) is 16.2. The highest BCUT2D eigenvalue weighted by molar-refractivity contribution is 5.89. The van der Waals surface area contributed by atoms with Crippen molar-refractivity contribution in [1.82, 2.24) is 15.0 Å². The highest BCUT2D eigenvalue weighted by Gasteiger charge is 2.34. The number of urea groups is 1. The van der Waals surface area contributed by atoms with Gasteiger partial charge in [-0.15, -0.1) is 0 Å². The molecule has 7 nitrogen and oxygen atoms in total. The van der Waals surface area contributed by atoms with E-state index in [0.29, 0.717) is 24.0 Å². The van der Waals surface area contributed by atoms with Crippen molar-refractivity contribution >= 4 is 11.7 Å². The van der Waals surface area contributed by atoms with E-state index in [0.717, 1.165) is 29.7 Å². The van der Waals surface area contributed by atoms with E-state index in [1.807, 2.05) is 55.5 Å². The number of ether oxygens (including phenoxy) is 1. The number of hydrogen-bond acceptors (Lipinski definition) is 5. The molecule has 0 spiro atoms. The zero-order valence-electron chi connectivity index (χ0n) is 15.9. The molecule has 0 saturated carbocycles. The SMILES string of the molecule is COc1ccccc1-c1noc([C@H]2CCCN2C(=O)Nc2cccc(C)c2)n1. The van der Waals surface area contributed by atoms with Gasteiger partial charge in [0.25, 0.3) is 0 Å². The predicted octanol–water partition coefficient (Wildman–Crippen LogP) is 4.42. The molecular weight excluding hydrogens is 356 g/mol. The van der Waals surface area contributed by atoms with Crippen LogP contribution in [0.5, 0.6) is 5.75 Å². The Morgan fingerprint density at radius 1 is 1.25 bits per heavy atom. The highest BCUT2D eigenvalue weighted by Crippen LogP contribution is 2.34. The smallest absolute Gasteiger partial charge is 0.322 e. The zero-order valence-corrected chi connectivity index (χ0v) is 15.9. The molecule has 3 aromatic rings. The van der Waals surface area contributed by atoms with Gasteiger partial charge in [0, 0.05) is 12.2 Å². The number of amides is 2. The van der Waals surface area contributed by atoms with Gasteiger partial charge < -0.3 is 19.5 Å². The number of anilines is 1. The Balaban J connectivity index is 1.54. The molecule has 1 aliphatic heterocycles. The minimum absolute atomic E-state index is 0.162. The molecule has 2 heterocycles. The van der Waals surface area contributed by atoms with E-state index in [4.69, 9.17) is 9.26 Å². The molecule has 2 amide bonds. The maximum atomic E-state index is 12.8. The third kappa shape index (κ3) is 3.55. The van der Waals surface area contributed by atoms with E-state index >= 15 is 0 Å². The Bertz CT molecular complexity index is 985. The summed E-state index contributed by atoms with van der Waals surface area (Å²) in [5.74, 6) is 1.58. The van der Waals surface area contributed by atoms with Crippen molar-refractivity contribution in [3.8, 4) is 17.1 Å². The van der Waals surface area contributed by atoms with Gasteiger partial charge in [-0.3, -0.25) is 0 Å². The summed E-state index contributed by atoms with van der Waals surface area (Å²) in [5.41, 5.74) is 2.62. The van der Waals surface area contributed by atoms with E-state index in [1.54, 1.807) is 12.0 Å². The second kappa shape index (κ2) is 7.72. The van der Waals surface area contributed by atoms with Gasteiger partial charge in [0.1, 0.15) is 11.8 Å². The maximum absolute atomic E-state index is 12.8. The van der Waals surface area contributed by atoms with Crippen molar-refractivity contribution in [3.63, 3.8) is 0 Å². The Hall–Kier alpha value is -3.35.